The van der Waals surface area contributed by atoms with Crippen molar-refractivity contribution in [3.05, 3.63) is 0 Å². The van der Waals surface area contributed by atoms with Crippen LogP contribution in [0.15, 0.2) is 0 Å². The van der Waals surface area contributed by atoms with Gasteiger partial charge in [-0.15, -0.1) is 0 Å². The molecular formula is C22H40O4. The molecule has 0 aliphatic carbocycles. The number of rotatable bonds is 11. The molecule has 2 fully saturated rings. The van der Waals surface area contributed by atoms with Gasteiger partial charge < -0.3 is 9.47 Å². The van der Waals surface area contributed by atoms with Gasteiger partial charge in [-0.3, -0.25) is 9.59 Å². The Hall–Kier alpha value is -1.06. The molecule has 0 aromatic rings. The Morgan fingerprint density at radius 1 is 0.692 bits per heavy atom. The minimum absolute atomic E-state index is 0.00134. The number of hydrogen-bond donors (Lipinski definition) is 0. The Labute approximate surface area is 160 Å². The summed E-state index contributed by atoms with van der Waals surface area (Å²) in [5, 5.41) is 0. The van der Waals surface area contributed by atoms with Crippen molar-refractivity contribution in [2.45, 2.75) is 129 Å². The molecule has 0 aromatic heterocycles. The Morgan fingerprint density at radius 2 is 1.19 bits per heavy atom. The fourth-order valence-electron chi connectivity index (χ4n) is 3.54. The van der Waals surface area contributed by atoms with E-state index in [1.807, 2.05) is 0 Å². The van der Waals surface area contributed by atoms with E-state index in [4.69, 9.17) is 9.47 Å². The average Bonchev–Trinajstić information content (AvgIpc) is 3.05. The number of unbranched alkanes of at least 4 members (excludes halogenated alkanes) is 7. The van der Waals surface area contributed by atoms with Crippen LogP contribution in [-0.2, 0) is 19.1 Å². The highest BCUT2D eigenvalue weighted by Gasteiger charge is 2.22. The summed E-state index contributed by atoms with van der Waals surface area (Å²) in [5.41, 5.74) is 0. The fraction of sp³-hybridized carbons (Fsp3) is 0.909. The monoisotopic (exact) mass is 368 g/mol. The minimum Gasteiger partial charge on any atom is -0.462 e. The van der Waals surface area contributed by atoms with Crippen molar-refractivity contribution in [3.63, 3.8) is 0 Å². The van der Waals surface area contributed by atoms with E-state index < -0.39 is 0 Å². The van der Waals surface area contributed by atoms with Crippen LogP contribution in [0.2, 0.25) is 0 Å². The summed E-state index contributed by atoms with van der Waals surface area (Å²) in [6.07, 6.45) is 18.5. The SMILES string of the molecule is CCCCCCC1CCCC(=O)O1.CCCCCCCC1CCC(=O)O1. The summed E-state index contributed by atoms with van der Waals surface area (Å²) in [5.74, 6) is 0.00491. The Bertz CT molecular complexity index is 380. The molecule has 0 radical (unpaired) electrons. The molecule has 2 atom stereocenters. The highest BCUT2D eigenvalue weighted by Crippen LogP contribution is 2.20. The third-order valence-corrected chi connectivity index (χ3v) is 5.18. The summed E-state index contributed by atoms with van der Waals surface area (Å²) in [6.45, 7) is 4.43. The molecule has 4 nitrogen and oxygen atoms in total. The Morgan fingerprint density at radius 3 is 1.73 bits per heavy atom. The standard InChI is InChI=1S/2C11H20O2/c1-2-3-4-5-7-10-8-6-9-11(12)13-10;1-2-3-4-5-6-7-10-8-9-11(12)13-10/h2*10H,2-9H2,1H3. The zero-order valence-corrected chi connectivity index (χ0v) is 17.1. The topological polar surface area (TPSA) is 52.6 Å². The molecule has 0 N–H and O–H groups in total. The zero-order chi connectivity index (χ0) is 19.0. The zero-order valence-electron chi connectivity index (χ0n) is 17.1. The lowest BCUT2D eigenvalue weighted by molar-refractivity contribution is -0.154. The minimum atomic E-state index is -0.00134. The maximum absolute atomic E-state index is 10.9. The first kappa shape index (κ1) is 23.0. The third kappa shape index (κ3) is 11.5. The summed E-state index contributed by atoms with van der Waals surface area (Å²) in [6, 6.07) is 0. The van der Waals surface area contributed by atoms with Gasteiger partial charge in [0.05, 0.1) is 0 Å². The normalized spacial score (nSPS) is 22.4. The summed E-state index contributed by atoms with van der Waals surface area (Å²) < 4.78 is 10.4. The lowest BCUT2D eigenvalue weighted by Crippen LogP contribution is -2.23. The van der Waals surface area contributed by atoms with Crippen molar-refractivity contribution >= 4 is 11.9 Å². The molecule has 0 saturated carbocycles. The van der Waals surface area contributed by atoms with Crippen LogP contribution in [0, 0.1) is 0 Å². The van der Waals surface area contributed by atoms with Gasteiger partial charge in [-0.25, -0.2) is 0 Å². The molecule has 2 rings (SSSR count). The molecule has 0 amide bonds. The average molecular weight is 369 g/mol. The summed E-state index contributed by atoms with van der Waals surface area (Å²) >= 11 is 0. The van der Waals surface area contributed by atoms with Crippen LogP contribution < -0.4 is 0 Å². The van der Waals surface area contributed by atoms with E-state index in [0.717, 1.165) is 32.1 Å². The molecule has 152 valence electrons. The maximum atomic E-state index is 10.9. The number of hydrogen-bond acceptors (Lipinski definition) is 4. The van der Waals surface area contributed by atoms with Gasteiger partial charge in [0.25, 0.3) is 0 Å². The number of carbonyl (C=O) groups excluding carboxylic acids is 2. The quantitative estimate of drug-likeness (QED) is 0.326. The largest absolute Gasteiger partial charge is 0.462 e. The van der Waals surface area contributed by atoms with Crippen LogP contribution in [-0.4, -0.2) is 24.1 Å². The molecular weight excluding hydrogens is 328 g/mol. The first-order valence-corrected chi connectivity index (χ1v) is 11.0. The fourth-order valence-corrected chi connectivity index (χ4v) is 3.54. The molecule has 2 aliphatic heterocycles. The molecule has 2 saturated heterocycles. The van der Waals surface area contributed by atoms with E-state index in [1.54, 1.807) is 0 Å². The Kier molecular flexibility index (Phi) is 13.3. The number of esters is 2. The molecule has 2 unspecified atom stereocenters. The molecule has 0 aromatic carbocycles. The predicted molar refractivity (Wildman–Crippen MR) is 105 cm³/mol. The van der Waals surface area contributed by atoms with Crippen LogP contribution in [0.1, 0.15) is 117 Å². The number of cyclic esters (lactones) is 2. The predicted octanol–water partition coefficient (Wildman–Crippen LogP) is 6.11. The van der Waals surface area contributed by atoms with Gasteiger partial charge in [-0.05, 0) is 44.9 Å². The molecule has 26 heavy (non-hydrogen) atoms. The van der Waals surface area contributed by atoms with Crippen LogP contribution in [0.25, 0.3) is 0 Å². The lowest BCUT2D eigenvalue weighted by atomic mass is 10.0. The van der Waals surface area contributed by atoms with E-state index in [0.29, 0.717) is 12.8 Å². The number of carbonyl (C=O) groups is 2. The van der Waals surface area contributed by atoms with Gasteiger partial charge in [0.15, 0.2) is 0 Å². The first-order valence-electron chi connectivity index (χ1n) is 11.0. The van der Waals surface area contributed by atoms with Gasteiger partial charge in [0.2, 0.25) is 0 Å². The van der Waals surface area contributed by atoms with E-state index in [1.165, 1.54) is 57.8 Å². The molecule has 0 bridgehead atoms. The van der Waals surface area contributed by atoms with Crippen molar-refractivity contribution in [2.75, 3.05) is 0 Å². The molecule has 0 spiro atoms. The molecule has 2 aliphatic rings. The van der Waals surface area contributed by atoms with Gasteiger partial charge in [-0.2, -0.15) is 0 Å². The second kappa shape index (κ2) is 15.0. The van der Waals surface area contributed by atoms with Gasteiger partial charge in [-0.1, -0.05) is 58.8 Å². The molecule has 2 heterocycles. The highest BCUT2D eigenvalue weighted by molar-refractivity contribution is 5.71. The van der Waals surface area contributed by atoms with Crippen LogP contribution in [0.4, 0.5) is 0 Å². The maximum Gasteiger partial charge on any atom is 0.306 e. The highest BCUT2D eigenvalue weighted by atomic mass is 16.6. The van der Waals surface area contributed by atoms with Crippen molar-refractivity contribution in [3.8, 4) is 0 Å². The van der Waals surface area contributed by atoms with Crippen molar-refractivity contribution in [2.24, 2.45) is 0 Å². The second-order valence-electron chi connectivity index (χ2n) is 7.71. The number of ether oxygens (including phenoxy) is 2. The van der Waals surface area contributed by atoms with Crippen LogP contribution in [0.3, 0.4) is 0 Å². The Balaban J connectivity index is 0.000000260. The van der Waals surface area contributed by atoms with Crippen LogP contribution >= 0.6 is 0 Å². The van der Waals surface area contributed by atoms with E-state index in [-0.39, 0.29) is 24.1 Å². The smallest absolute Gasteiger partial charge is 0.306 e. The van der Waals surface area contributed by atoms with E-state index in [2.05, 4.69) is 13.8 Å². The summed E-state index contributed by atoms with van der Waals surface area (Å²) in [7, 11) is 0. The van der Waals surface area contributed by atoms with Crippen molar-refractivity contribution in [1.29, 1.82) is 0 Å². The van der Waals surface area contributed by atoms with Crippen molar-refractivity contribution < 1.29 is 19.1 Å². The molecule has 4 heteroatoms. The van der Waals surface area contributed by atoms with Crippen LogP contribution in [0.5, 0.6) is 0 Å². The van der Waals surface area contributed by atoms with Gasteiger partial charge in [0.1, 0.15) is 12.2 Å². The van der Waals surface area contributed by atoms with E-state index >= 15 is 0 Å². The third-order valence-electron chi connectivity index (χ3n) is 5.18. The first-order chi connectivity index (χ1) is 12.7. The lowest BCUT2D eigenvalue weighted by Gasteiger charge is -2.21. The van der Waals surface area contributed by atoms with Gasteiger partial charge in [0, 0.05) is 12.8 Å². The van der Waals surface area contributed by atoms with Gasteiger partial charge >= 0.3 is 11.9 Å². The van der Waals surface area contributed by atoms with E-state index in [9.17, 15) is 9.59 Å². The summed E-state index contributed by atoms with van der Waals surface area (Å²) in [4.78, 5) is 21.7. The second-order valence-corrected chi connectivity index (χ2v) is 7.71. The van der Waals surface area contributed by atoms with Crippen molar-refractivity contribution in [1.82, 2.24) is 0 Å².